The number of urea groups is 1. The van der Waals surface area contributed by atoms with E-state index in [0.717, 1.165) is 23.1 Å². The number of hydrogen-bond acceptors (Lipinski definition) is 2. The van der Waals surface area contributed by atoms with E-state index in [0.29, 0.717) is 0 Å². The molecular weight excluding hydrogens is 240 g/mol. The van der Waals surface area contributed by atoms with Crippen LogP contribution in [0.3, 0.4) is 0 Å². The van der Waals surface area contributed by atoms with E-state index in [-0.39, 0.29) is 12.1 Å². The number of fused-ring (bicyclic) bond motifs is 6. The molecule has 1 saturated heterocycles. The number of carbonyl (C=O) groups excluding carboxylic acids is 1. The van der Waals surface area contributed by atoms with Crippen molar-refractivity contribution in [3.63, 3.8) is 0 Å². The van der Waals surface area contributed by atoms with Crippen LogP contribution < -0.4 is 15.4 Å². The van der Waals surface area contributed by atoms with Crippen LogP contribution in [0.4, 0.5) is 4.79 Å². The topological polar surface area (TPSA) is 50.4 Å². The van der Waals surface area contributed by atoms with E-state index in [9.17, 15) is 4.79 Å². The molecule has 2 aliphatic rings. The summed E-state index contributed by atoms with van der Waals surface area (Å²) < 4.78 is 6.00. The minimum atomic E-state index is -0.609. The zero-order chi connectivity index (χ0) is 13.0. The Bertz CT molecular complexity index is 698. The second kappa shape index (κ2) is 3.41. The fraction of sp³-hybridized carbons (Fsp3) is 0.267. The summed E-state index contributed by atoms with van der Waals surface area (Å²) in [5.41, 5.74) is 0.480. The molecule has 2 aliphatic heterocycles. The van der Waals surface area contributed by atoms with Gasteiger partial charge in [-0.25, -0.2) is 4.79 Å². The maximum Gasteiger partial charge on any atom is 0.318 e. The van der Waals surface area contributed by atoms with E-state index >= 15 is 0 Å². The van der Waals surface area contributed by atoms with Crippen LogP contribution in [0.1, 0.15) is 24.9 Å². The Labute approximate surface area is 110 Å². The van der Waals surface area contributed by atoms with Gasteiger partial charge < -0.3 is 15.4 Å². The van der Waals surface area contributed by atoms with Crippen molar-refractivity contribution in [2.45, 2.75) is 25.1 Å². The van der Waals surface area contributed by atoms with Gasteiger partial charge in [0.15, 0.2) is 5.72 Å². The fourth-order valence-electron chi connectivity index (χ4n) is 3.13. The number of hydrogen-bond donors (Lipinski definition) is 2. The van der Waals surface area contributed by atoms with Gasteiger partial charge in [0.2, 0.25) is 0 Å². The maximum absolute atomic E-state index is 11.7. The van der Waals surface area contributed by atoms with Crippen molar-refractivity contribution >= 4 is 16.8 Å². The highest BCUT2D eigenvalue weighted by atomic mass is 16.5. The predicted octanol–water partition coefficient (Wildman–Crippen LogP) is 2.69. The van der Waals surface area contributed by atoms with E-state index in [4.69, 9.17) is 4.74 Å². The number of ether oxygens (including phenoxy) is 1. The van der Waals surface area contributed by atoms with Crippen LogP contribution in [-0.4, -0.2) is 11.8 Å². The lowest BCUT2D eigenvalue weighted by atomic mass is 9.88. The molecular formula is C15H14N2O2. The van der Waals surface area contributed by atoms with Gasteiger partial charge >= 0.3 is 6.03 Å². The monoisotopic (exact) mass is 254 g/mol. The third-order valence-corrected chi connectivity index (χ3v) is 3.89. The summed E-state index contributed by atoms with van der Waals surface area (Å²) in [7, 11) is 0. The van der Waals surface area contributed by atoms with Gasteiger partial charge in [-0.3, -0.25) is 0 Å². The number of benzene rings is 2. The zero-order valence-electron chi connectivity index (χ0n) is 10.6. The lowest BCUT2D eigenvalue weighted by molar-refractivity contribution is 0.0125. The Morgan fingerprint density at radius 3 is 3.00 bits per heavy atom. The highest BCUT2D eigenvalue weighted by Gasteiger charge is 2.43. The molecule has 2 heterocycles. The molecule has 4 heteroatoms. The van der Waals surface area contributed by atoms with Gasteiger partial charge in [0.1, 0.15) is 5.75 Å². The first-order chi connectivity index (χ1) is 9.15. The molecule has 4 rings (SSSR count). The molecule has 2 bridgehead atoms. The summed E-state index contributed by atoms with van der Waals surface area (Å²) >= 11 is 0. The number of nitrogens with one attached hydrogen (secondary N) is 2. The second-order valence-corrected chi connectivity index (χ2v) is 5.39. The molecule has 2 amide bonds. The third kappa shape index (κ3) is 1.49. The Morgan fingerprint density at radius 2 is 2.11 bits per heavy atom. The quantitative estimate of drug-likeness (QED) is 0.759. The van der Waals surface area contributed by atoms with E-state index in [1.54, 1.807) is 0 Å². The van der Waals surface area contributed by atoms with Gasteiger partial charge in [0.25, 0.3) is 0 Å². The first-order valence-corrected chi connectivity index (χ1v) is 6.44. The molecule has 0 spiro atoms. The van der Waals surface area contributed by atoms with Crippen LogP contribution in [-0.2, 0) is 0 Å². The number of carbonyl (C=O) groups is 1. The Morgan fingerprint density at radius 1 is 1.26 bits per heavy atom. The Kier molecular flexibility index (Phi) is 1.91. The standard InChI is InChI=1S/C15H14N2O2/c1-15-8-11(16-14(18)17-15)13-10-5-3-2-4-9(10)6-7-12(13)19-15/h2-7,11H,8H2,1H3,(H2,16,17,18)/t11-,15-/m0/s1. The van der Waals surface area contributed by atoms with Gasteiger partial charge in [-0.1, -0.05) is 30.3 Å². The van der Waals surface area contributed by atoms with Gasteiger partial charge in [0, 0.05) is 12.0 Å². The van der Waals surface area contributed by atoms with Crippen LogP contribution in [0.2, 0.25) is 0 Å². The maximum atomic E-state index is 11.7. The van der Waals surface area contributed by atoms with Crippen molar-refractivity contribution in [3.05, 3.63) is 42.0 Å². The zero-order valence-corrected chi connectivity index (χ0v) is 10.6. The van der Waals surface area contributed by atoms with Gasteiger partial charge in [-0.2, -0.15) is 0 Å². The average Bonchev–Trinajstić information content (AvgIpc) is 2.36. The van der Waals surface area contributed by atoms with E-state index in [1.807, 2.05) is 25.1 Å². The lowest BCUT2D eigenvalue weighted by Gasteiger charge is -2.44. The summed E-state index contributed by atoms with van der Waals surface area (Å²) in [5, 5.41) is 8.15. The first-order valence-electron chi connectivity index (χ1n) is 6.44. The average molecular weight is 254 g/mol. The fourth-order valence-corrected chi connectivity index (χ4v) is 3.13. The van der Waals surface area contributed by atoms with Crippen molar-refractivity contribution in [3.8, 4) is 5.75 Å². The van der Waals surface area contributed by atoms with Crippen LogP contribution in [0, 0.1) is 0 Å². The number of amides is 2. The Balaban J connectivity index is 1.99. The Hall–Kier alpha value is -2.23. The molecule has 1 fully saturated rings. The normalized spacial score (nSPS) is 28.1. The summed E-state index contributed by atoms with van der Waals surface area (Å²) in [5.74, 6) is 0.852. The van der Waals surface area contributed by atoms with Crippen molar-refractivity contribution < 1.29 is 9.53 Å². The molecule has 19 heavy (non-hydrogen) atoms. The van der Waals surface area contributed by atoms with Crippen LogP contribution >= 0.6 is 0 Å². The van der Waals surface area contributed by atoms with E-state index in [2.05, 4.69) is 28.8 Å². The predicted molar refractivity (Wildman–Crippen MR) is 72.0 cm³/mol. The van der Waals surface area contributed by atoms with Gasteiger partial charge in [-0.15, -0.1) is 0 Å². The van der Waals surface area contributed by atoms with Crippen LogP contribution in [0.5, 0.6) is 5.75 Å². The summed E-state index contributed by atoms with van der Waals surface area (Å²) in [6.07, 6.45) is 0.736. The molecule has 0 unspecified atom stereocenters. The van der Waals surface area contributed by atoms with Gasteiger partial charge in [0.05, 0.1) is 6.04 Å². The molecule has 2 N–H and O–H groups in total. The molecule has 96 valence electrons. The molecule has 4 nitrogen and oxygen atoms in total. The first kappa shape index (κ1) is 10.7. The highest BCUT2D eigenvalue weighted by molar-refractivity contribution is 5.89. The van der Waals surface area contributed by atoms with Crippen LogP contribution in [0.15, 0.2) is 36.4 Å². The molecule has 2 atom stereocenters. The SMILES string of the molecule is C[C@]12C[C@H](NC(=O)N1)c1c(ccc3ccccc13)O2. The van der Waals surface area contributed by atoms with Crippen molar-refractivity contribution in [1.82, 2.24) is 10.6 Å². The van der Waals surface area contributed by atoms with Crippen molar-refractivity contribution in [2.24, 2.45) is 0 Å². The molecule has 0 radical (unpaired) electrons. The molecule has 2 aromatic rings. The summed E-state index contributed by atoms with van der Waals surface area (Å²) in [6.45, 7) is 1.91. The minimum Gasteiger partial charge on any atom is -0.468 e. The smallest absolute Gasteiger partial charge is 0.318 e. The van der Waals surface area contributed by atoms with Gasteiger partial charge in [-0.05, 0) is 23.8 Å². The third-order valence-electron chi connectivity index (χ3n) is 3.89. The summed E-state index contributed by atoms with van der Waals surface area (Å²) in [6, 6.07) is 12.1. The van der Waals surface area contributed by atoms with Crippen molar-refractivity contribution in [2.75, 3.05) is 0 Å². The van der Waals surface area contributed by atoms with E-state index < -0.39 is 5.72 Å². The molecule has 2 aromatic carbocycles. The minimum absolute atomic E-state index is 0.00796. The summed E-state index contributed by atoms with van der Waals surface area (Å²) in [4.78, 5) is 11.7. The largest absolute Gasteiger partial charge is 0.468 e. The second-order valence-electron chi connectivity index (χ2n) is 5.39. The van der Waals surface area contributed by atoms with E-state index in [1.165, 1.54) is 5.39 Å². The molecule has 0 saturated carbocycles. The number of rotatable bonds is 0. The van der Waals surface area contributed by atoms with Crippen molar-refractivity contribution in [1.29, 1.82) is 0 Å². The highest BCUT2D eigenvalue weighted by Crippen LogP contribution is 2.43. The molecule has 0 aromatic heterocycles. The van der Waals surface area contributed by atoms with Crippen LogP contribution in [0.25, 0.3) is 10.8 Å². The molecule has 0 aliphatic carbocycles. The lowest BCUT2D eigenvalue weighted by Crippen LogP contribution is -2.62.